The summed E-state index contributed by atoms with van der Waals surface area (Å²) in [5.74, 6) is 0.699. The third-order valence-corrected chi connectivity index (χ3v) is 3.85. The van der Waals surface area contributed by atoms with E-state index in [1.165, 1.54) is 5.56 Å². The van der Waals surface area contributed by atoms with Crippen molar-refractivity contribution < 1.29 is 4.79 Å². The highest BCUT2D eigenvalue weighted by molar-refractivity contribution is 5.76. The zero-order valence-electron chi connectivity index (χ0n) is 11.5. The molecule has 1 heterocycles. The van der Waals surface area contributed by atoms with E-state index in [4.69, 9.17) is 0 Å². The third-order valence-electron chi connectivity index (χ3n) is 3.85. The average Bonchev–Trinajstić information content (AvgIpc) is 3.02. The number of carbonyl (C=O) groups is 1. The van der Waals surface area contributed by atoms with Gasteiger partial charge in [0.15, 0.2) is 0 Å². The number of aromatic nitrogens is 1. The van der Waals surface area contributed by atoms with E-state index in [1.54, 1.807) is 0 Å². The summed E-state index contributed by atoms with van der Waals surface area (Å²) in [4.78, 5) is 11.9. The fraction of sp³-hybridized carbons (Fsp3) is 0.353. The number of rotatable bonds is 6. The van der Waals surface area contributed by atoms with Crippen LogP contribution in [0.4, 0.5) is 0 Å². The predicted octanol–water partition coefficient (Wildman–Crippen LogP) is 2.94. The van der Waals surface area contributed by atoms with Gasteiger partial charge >= 0.3 is 0 Å². The van der Waals surface area contributed by atoms with Gasteiger partial charge < -0.3 is 9.88 Å². The van der Waals surface area contributed by atoms with Crippen molar-refractivity contribution in [3.8, 4) is 0 Å². The fourth-order valence-electron chi connectivity index (χ4n) is 2.64. The van der Waals surface area contributed by atoms with Crippen LogP contribution in [-0.2, 0) is 11.3 Å². The smallest absolute Gasteiger partial charge is 0.220 e. The van der Waals surface area contributed by atoms with Gasteiger partial charge in [0, 0.05) is 37.3 Å². The lowest BCUT2D eigenvalue weighted by Crippen LogP contribution is -2.26. The molecule has 2 aromatic rings. The van der Waals surface area contributed by atoms with E-state index in [1.807, 2.05) is 30.6 Å². The van der Waals surface area contributed by atoms with Crippen molar-refractivity contribution in [3.63, 3.8) is 0 Å². The molecular weight excluding hydrogens is 248 g/mol. The highest BCUT2D eigenvalue weighted by Crippen LogP contribution is 2.40. The molecule has 0 aliphatic heterocycles. The molecule has 104 valence electrons. The number of aryl methyl sites for hydroxylation is 1. The molecule has 1 aliphatic rings. The summed E-state index contributed by atoms with van der Waals surface area (Å²) in [5, 5.41) is 3.13. The maximum absolute atomic E-state index is 11.9. The summed E-state index contributed by atoms with van der Waals surface area (Å²) >= 11 is 0. The Kier molecular flexibility index (Phi) is 3.86. The van der Waals surface area contributed by atoms with E-state index in [0.29, 0.717) is 18.4 Å². The number of carbonyl (C=O) groups excluding carboxylic acids is 1. The minimum atomic E-state index is 0.181. The van der Waals surface area contributed by atoms with Gasteiger partial charge in [-0.1, -0.05) is 30.3 Å². The SMILES string of the molecule is O=C(CCCn1cccc1)N[C@H]1C[C@H]1c1ccccc1. The molecule has 0 bridgehead atoms. The van der Waals surface area contributed by atoms with Gasteiger partial charge in [-0.3, -0.25) is 4.79 Å². The van der Waals surface area contributed by atoms with Gasteiger partial charge in [-0.25, -0.2) is 0 Å². The lowest BCUT2D eigenvalue weighted by atomic mass is 10.1. The van der Waals surface area contributed by atoms with Crippen molar-refractivity contribution in [3.05, 3.63) is 60.4 Å². The number of amides is 1. The van der Waals surface area contributed by atoms with Crippen LogP contribution < -0.4 is 5.32 Å². The minimum Gasteiger partial charge on any atom is -0.354 e. The van der Waals surface area contributed by atoms with Crippen LogP contribution in [0.15, 0.2) is 54.9 Å². The van der Waals surface area contributed by atoms with Crippen LogP contribution in [0.1, 0.15) is 30.7 Å². The molecule has 0 radical (unpaired) electrons. The molecule has 0 spiro atoms. The zero-order chi connectivity index (χ0) is 13.8. The van der Waals surface area contributed by atoms with Gasteiger partial charge in [0.2, 0.25) is 5.91 Å². The third kappa shape index (κ3) is 3.29. The maximum Gasteiger partial charge on any atom is 0.220 e. The van der Waals surface area contributed by atoms with Crippen molar-refractivity contribution in [2.24, 2.45) is 0 Å². The molecule has 0 saturated heterocycles. The lowest BCUT2D eigenvalue weighted by Gasteiger charge is -2.06. The first-order chi connectivity index (χ1) is 9.83. The van der Waals surface area contributed by atoms with E-state index >= 15 is 0 Å². The number of nitrogens with one attached hydrogen (secondary N) is 1. The average molecular weight is 268 g/mol. The van der Waals surface area contributed by atoms with Crippen LogP contribution in [0.5, 0.6) is 0 Å². The second kappa shape index (κ2) is 5.95. The summed E-state index contributed by atoms with van der Waals surface area (Å²) in [6.45, 7) is 0.910. The summed E-state index contributed by atoms with van der Waals surface area (Å²) in [5.41, 5.74) is 1.34. The standard InChI is InChI=1S/C17H20N2O/c20-17(9-6-12-19-10-4-5-11-19)18-16-13-15(16)14-7-2-1-3-8-14/h1-5,7-8,10-11,15-16H,6,9,12-13H2,(H,18,20)/t15-,16-/m0/s1. The van der Waals surface area contributed by atoms with Crippen molar-refractivity contribution in [1.29, 1.82) is 0 Å². The van der Waals surface area contributed by atoms with Gasteiger partial charge in [0.1, 0.15) is 0 Å². The first-order valence-electron chi connectivity index (χ1n) is 7.28. The number of nitrogens with zero attached hydrogens (tertiary/aromatic N) is 1. The van der Waals surface area contributed by atoms with E-state index < -0.39 is 0 Å². The Balaban J connectivity index is 1.38. The second-order valence-corrected chi connectivity index (χ2v) is 5.45. The maximum atomic E-state index is 11.9. The molecule has 3 rings (SSSR count). The molecule has 1 aliphatic carbocycles. The van der Waals surface area contributed by atoms with E-state index in [9.17, 15) is 4.79 Å². The Morgan fingerprint density at radius 3 is 2.65 bits per heavy atom. The predicted molar refractivity (Wildman–Crippen MR) is 79.4 cm³/mol. The normalized spacial score (nSPS) is 20.6. The van der Waals surface area contributed by atoms with Gasteiger partial charge in [-0.05, 0) is 30.5 Å². The van der Waals surface area contributed by atoms with Crippen molar-refractivity contribution in [2.45, 2.75) is 37.8 Å². The highest BCUT2D eigenvalue weighted by Gasteiger charge is 2.39. The molecule has 0 unspecified atom stereocenters. The summed E-state index contributed by atoms with van der Waals surface area (Å²) in [6, 6.07) is 14.8. The minimum absolute atomic E-state index is 0.181. The molecule has 1 saturated carbocycles. The van der Waals surface area contributed by atoms with E-state index in [0.717, 1.165) is 19.4 Å². The monoisotopic (exact) mass is 268 g/mol. The Morgan fingerprint density at radius 2 is 1.90 bits per heavy atom. The molecule has 1 aromatic heterocycles. The molecule has 20 heavy (non-hydrogen) atoms. The molecule has 2 atom stereocenters. The molecule has 1 aromatic carbocycles. The molecule has 3 heteroatoms. The van der Waals surface area contributed by atoms with Crippen LogP contribution in [0.2, 0.25) is 0 Å². The number of hydrogen-bond acceptors (Lipinski definition) is 1. The van der Waals surface area contributed by atoms with Crippen molar-refractivity contribution in [2.75, 3.05) is 0 Å². The first-order valence-corrected chi connectivity index (χ1v) is 7.28. The van der Waals surface area contributed by atoms with Gasteiger partial charge in [-0.15, -0.1) is 0 Å². The number of hydrogen-bond donors (Lipinski definition) is 1. The van der Waals surface area contributed by atoms with Crippen LogP contribution in [0.25, 0.3) is 0 Å². The second-order valence-electron chi connectivity index (χ2n) is 5.45. The molecule has 1 fully saturated rings. The Morgan fingerprint density at radius 1 is 1.15 bits per heavy atom. The molecular formula is C17H20N2O. The summed E-state index contributed by atoms with van der Waals surface area (Å²) < 4.78 is 2.11. The van der Waals surface area contributed by atoms with Crippen LogP contribution in [-0.4, -0.2) is 16.5 Å². The van der Waals surface area contributed by atoms with Crippen molar-refractivity contribution >= 4 is 5.91 Å². The van der Waals surface area contributed by atoms with E-state index in [-0.39, 0.29) is 5.91 Å². The van der Waals surface area contributed by atoms with Crippen LogP contribution >= 0.6 is 0 Å². The van der Waals surface area contributed by atoms with Crippen molar-refractivity contribution in [1.82, 2.24) is 9.88 Å². The highest BCUT2D eigenvalue weighted by atomic mass is 16.1. The quantitative estimate of drug-likeness (QED) is 0.858. The Hall–Kier alpha value is -2.03. The first kappa shape index (κ1) is 13.0. The lowest BCUT2D eigenvalue weighted by molar-refractivity contribution is -0.121. The number of benzene rings is 1. The largest absolute Gasteiger partial charge is 0.354 e. The molecule has 1 N–H and O–H groups in total. The van der Waals surface area contributed by atoms with Gasteiger partial charge in [0.05, 0.1) is 0 Å². The van der Waals surface area contributed by atoms with Gasteiger partial charge in [0.25, 0.3) is 0 Å². The summed E-state index contributed by atoms with van der Waals surface area (Å²) in [6.07, 6.45) is 6.64. The zero-order valence-corrected chi connectivity index (χ0v) is 11.5. The summed E-state index contributed by atoms with van der Waals surface area (Å²) in [7, 11) is 0. The van der Waals surface area contributed by atoms with E-state index in [2.05, 4.69) is 34.1 Å². The molecule has 3 nitrogen and oxygen atoms in total. The fourth-order valence-corrected chi connectivity index (χ4v) is 2.64. The van der Waals surface area contributed by atoms with Gasteiger partial charge in [-0.2, -0.15) is 0 Å². The topological polar surface area (TPSA) is 34.0 Å². The van der Waals surface area contributed by atoms with Crippen LogP contribution in [0, 0.1) is 0 Å². The Bertz CT molecular complexity index is 548. The Labute approximate surface area is 119 Å². The van der Waals surface area contributed by atoms with Crippen LogP contribution in [0.3, 0.4) is 0 Å². The molecule has 1 amide bonds.